The molecule has 1 aromatic carbocycles. The van der Waals surface area contributed by atoms with Crippen LogP contribution in [0.1, 0.15) is 80.2 Å². The molecule has 0 aliphatic heterocycles. The minimum absolute atomic E-state index is 0.0284. The van der Waals surface area contributed by atoms with Gasteiger partial charge in [0.05, 0.1) is 28.7 Å². The molecule has 1 atom stereocenters. The van der Waals surface area contributed by atoms with Gasteiger partial charge < -0.3 is 5.32 Å². The van der Waals surface area contributed by atoms with E-state index >= 15 is 0 Å². The highest BCUT2D eigenvalue weighted by atomic mass is 16.1. The number of carbonyl (C=O) groups excluding carboxylic acids is 1. The standard InChI is InChI=1S/C27H33N5O/c1-3-31-24(9-10-28-31)18(2)29-26(33)23-17-32(22-7-5-4-6-8-22)30-25(23)27-14-19-11-20(15-27)13-21(12-19)16-27/h4-10,17-21H,3,11-16H2,1-2H3,(H,29,33). The number of amides is 1. The molecule has 172 valence electrons. The van der Waals surface area contributed by atoms with Crippen molar-refractivity contribution < 1.29 is 4.79 Å². The van der Waals surface area contributed by atoms with Crippen molar-refractivity contribution in [2.45, 2.75) is 70.4 Å². The zero-order chi connectivity index (χ0) is 22.6. The van der Waals surface area contributed by atoms with Crippen LogP contribution in [-0.2, 0) is 12.0 Å². The maximum atomic E-state index is 13.7. The first-order chi connectivity index (χ1) is 16.0. The summed E-state index contributed by atoms with van der Waals surface area (Å²) in [4.78, 5) is 13.7. The Morgan fingerprint density at radius 3 is 2.39 bits per heavy atom. The molecule has 6 heteroatoms. The fourth-order valence-corrected chi connectivity index (χ4v) is 7.37. The van der Waals surface area contributed by atoms with Crippen LogP contribution in [0, 0.1) is 17.8 Å². The highest BCUT2D eigenvalue weighted by Gasteiger charge is 2.54. The molecule has 4 bridgehead atoms. The summed E-state index contributed by atoms with van der Waals surface area (Å²) in [5.74, 6) is 2.37. The number of benzene rings is 1. The van der Waals surface area contributed by atoms with E-state index in [1.165, 1.54) is 38.5 Å². The van der Waals surface area contributed by atoms with Crippen LogP contribution in [-0.4, -0.2) is 25.5 Å². The highest BCUT2D eigenvalue weighted by Crippen LogP contribution is 2.60. The molecule has 3 aromatic rings. The molecule has 2 heterocycles. The van der Waals surface area contributed by atoms with Gasteiger partial charge in [0, 0.05) is 24.4 Å². The number of carbonyl (C=O) groups is 1. The lowest BCUT2D eigenvalue weighted by Gasteiger charge is -2.56. The summed E-state index contributed by atoms with van der Waals surface area (Å²) in [7, 11) is 0. The Bertz CT molecular complexity index is 1130. The summed E-state index contributed by atoms with van der Waals surface area (Å²) in [6, 6.07) is 12.0. The molecule has 0 radical (unpaired) electrons. The Hall–Kier alpha value is -2.89. The van der Waals surface area contributed by atoms with Crippen LogP contribution in [0.2, 0.25) is 0 Å². The van der Waals surface area contributed by atoms with Crippen LogP contribution in [0.3, 0.4) is 0 Å². The van der Waals surface area contributed by atoms with Gasteiger partial charge in [-0.15, -0.1) is 0 Å². The van der Waals surface area contributed by atoms with E-state index in [0.717, 1.165) is 46.9 Å². The number of aromatic nitrogens is 4. The van der Waals surface area contributed by atoms with Crippen molar-refractivity contribution in [1.82, 2.24) is 24.9 Å². The Kier molecular flexibility index (Phi) is 4.93. The summed E-state index contributed by atoms with van der Waals surface area (Å²) >= 11 is 0. The van der Waals surface area contributed by atoms with E-state index in [1.54, 1.807) is 6.20 Å². The minimum Gasteiger partial charge on any atom is -0.344 e. The number of para-hydroxylation sites is 1. The predicted octanol–water partition coefficient (Wildman–Crippen LogP) is 5.05. The molecule has 4 fully saturated rings. The van der Waals surface area contributed by atoms with Crippen LogP contribution >= 0.6 is 0 Å². The second-order valence-corrected chi connectivity index (χ2v) is 10.6. The third kappa shape index (κ3) is 3.51. The summed E-state index contributed by atoms with van der Waals surface area (Å²) in [5, 5.41) is 12.8. The summed E-state index contributed by atoms with van der Waals surface area (Å²) in [6.07, 6.45) is 11.4. The second kappa shape index (κ2) is 7.86. The largest absolute Gasteiger partial charge is 0.344 e. The van der Waals surface area contributed by atoms with Crippen molar-refractivity contribution in [2.24, 2.45) is 17.8 Å². The van der Waals surface area contributed by atoms with Crippen molar-refractivity contribution in [2.75, 3.05) is 0 Å². The molecule has 4 saturated carbocycles. The molecule has 7 rings (SSSR count). The molecule has 0 saturated heterocycles. The van der Waals surface area contributed by atoms with Crippen molar-refractivity contribution in [3.8, 4) is 5.69 Å². The lowest BCUT2D eigenvalue weighted by atomic mass is 9.48. The normalized spacial score (nSPS) is 28.7. The first kappa shape index (κ1) is 20.7. The topological polar surface area (TPSA) is 64.7 Å². The Morgan fingerprint density at radius 2 is 1.76 bits per heavy atom. The molecule has 4 aliphatic carbocycles. The lowest BCUT2D eigenvalue weighted by Crippen LogP contribution is -2.49. The lowest BCUT2D eigenvalue weighted by molar-refractivity contribution is -0.00771. The first-order valence-corrected chi connectivity index (χ1v) is 12.5. The van der Waals surface area contributed by atoms with E-state index in [-0.39, 0.29) is 17.4 Å². The Labute approximate surface area is 195 Å². The SMILES string of the molecule is CCn1nccc1C(C)NC(=O)c1cn(-c2ccccc2)nc1C12CC3CC(CC(C3)C1)C2. The van der Waals surface area contributed by atoms with Crippen molar-refractivity contribution in [3.63, 3.8) is 0 Å². The third-order valence-corrected chi connectivity index (χ3v) is 8.36. The monoisotopic (exact) mass is 443 g/mol. The van der Waals surface area contributed by atoms with Crippen LogP contribution in [0.25, 0.3) is 5.69 Å². The number of nitrogens with one attached hydrogen (secondary N) is 1. The van der Waals surface area contributed by atoms with Gasteiger partial charge in [-0.1, -0.05) is 18.2 Å². The molecule has 1 amide bonds. The number of hydrogen-bond donors (Lipinski definition) is 1. The Balaban J connectivity index is 1.38. The molecular weight excluding hydrogens is 410 g/mol. The van der Waals surface area contributed by atoms with E-state index in [0.29, 0.717) is 0 Å². The molecule has 4 aliphatic rings. The fourth-order valence-electron chi connectivity index (χ4n) is 7.37. The van der Waals surface area contributed by atoms with E-state index in [9.17, 15) is 4.79 Å². The van der Waals surface area contributed by atoms with Crippen LogP contribution in [0.15, 0.2) is 48.8 Å². The van der Waals surface area contributed by atoms with Gasteiger partial charge in [-0.3, -0.25) is 9.48 Å². The van der Waals surface area contributed by atoms with E-state index in [4.69, 9.17) is 5.10 Å². The summed E-state index contributed by atoms with van der Waals surface area (Å²) in [5.41, 5.74) is 3.85. The maximum Gasteiger partial charge on any atom is 0.255 e. The van der Waals surface area contributed by atoms with Gasteiger partial charge in [0.25, 0.3) is 5.91 Å². The predicted molar refractivity (Wildman–Crippen MR) is 127 cm³/mol. The third-order valence-electron chi connectivity index (χ3n) is 8.36. The molecule has 1 unspecified atom stereocenters. The number of hydrogen-bond acceptors (Lipinski definition) is 3. The fraction of sp³-hybridized carbons (Fsp3) is 0.519. The molecule has 0 spiro atoms. The molecule has 2 aromatic heterocycles. The number of nitrogens with zero attached hydrogens (tertiary/aromatic N) is 4. The van der Waals surface area contributed by atoms with Crippen molar-refractivity contribution in [3.05, 3.63) is 65.7 Å². The zero-order valence-corrected chi connectivity index (χ0v) is 19.6. The number of rotatable bonds is 6. The zero-order valence-electron chi connectivity index (χ0n) is 19.6. The highest BCUT2D eigenvalue weighted by molar-refractivity contribution is 5.95. The Morgan fingerprint density at radius 1 is 1.09 bits per heavy atom. The molecular formula is C27H33N5O. The quantitative estimate of drug-likeness (QED) is 0.580. The average molecular weight is 444 g/mol. The van der Waals surface area contributed by atoms with Gasteiger partial charge in [0.2, 0.25) is 0 Å². The summed E-state index contributed by atoms with van der Waals surface area (Å²) in [6.45, 7) is 4.89. The smallest absolute Gasteiger partial charge is 0.255 e. The average Bonchev–Trinajstić information content (AvgIpc) is 3.47. The van der Waals surface area contributed by atoms with Gasteiger partial charge in [-0.05, 0) is 88.3 Å². The van der Waals surface area contributed by atoms with E-state index in [2.05, 4.69) is 29.5 Å². The van der Waals surface area contributed by atoms with Crippen molar-refractivity contribution >= 4 is 5.91 Å². The van der Waals surface area contributed by atoms with E-state index in [1.807, 2.05) is 46.7 Å². The second-order valence-electron chi connectivity index (χ2n) is 10.6. The van der Waals surface area contributed by atoms with Crippen LogP contribution < -0.4 is 5.32 Å². The molecule has 1 N–H and O–H groups in total. The number of aryl methyl sites for hydroxylation is 1. The van der Waals surface area contributed by atoms with Crippen molar-refractivity contribution in [1.29, 1.82) is 0 Å². The van der Waals surface area contributed by atoms with Crippen LogP contribution in [0.5, 0.6) is 0 Å². The van der Waals surface area contributed by atoms with Gasteiger partial charge in [-0.2, -0.15) is 10.2 Å². The van der Waals surface area contributed by atoms with Gasteiger partial charge in [0.15, 0.2) is 0 Å². The van der Waals surface area contributed by atoms with Gasteiger partial charge in [-0.25, -0.2) is 4.68 Å². The molecule has 6 nitrogen and oxygen atoms in total. The molecule has 33 heavy (non-hydrogen) atoms. The maximum absolute atomic E-state index is 13.7. The van der Waals surface area contributed by atoms with Gasteiger partial charge >= 0.3 is 0 Å². The summed E-state index contributed by atoms with van der Waals surface area (Å²) < 4.78 is 3.86. The van der Waals surface area contributed by atoms with E-state index < -0.39 is 0 Å². The first-order valence-electron chi connectivity index (χ1n) is 12.5. The van der Waals surface area contributed by atoms with Gasteiger partial charge in [0.1, 0.15) is 0 Å². The minimum atomic E-state index is -0.121. The van der Waals surface area contributed by atoms with Crippen LogP contribution in [0.4, 0.5) is 0 Å².